The van der Waals surface area contributed by atoms with Gasteiger partial charge in [0, 0.05) is 25.1 Å². The molecular formula is C19H19F3N4O5. The number of rotatable bonds is 3. The molecule has 2 aromatic heterocycles. The van der Waals surface area contributed by atoms with Crippen molar-refractivity contribution in [2.75, 3.05) is 13.2 Å². The quantitative estimate of drug-likeness (QED) is 0.770. The van der Waals surface area contributed by atoms with Crippen LogP contribution in [0.2, 0.25) is 0 Å². The Morgan fingerprint density at radius 2 is 1.90 bits per heavy atom. The molecule has 0 unspecified atom stereocenters. The van der Waals surface area contributed by atoms with Gasteiger partial charge in [-0.1, -0.05) is 0 Å². The summed E-state index contributed by atoms with van der Waals surface area (Å²) in [4.78, 5) is 35.6. The molecule has 9 nitrogen and oxygen atoms in total. The molecule has 1 N–H and O–H groups in total. The van der Waals surface area contributed by atoms with Gasteiger partial charge in [-0.25, -0.2) is 9.78 Å². The van der Waals surface area contributed by atoms with Crippen molar-refractivity contribution in [3.8, 4) is 5.75 Å². The summed E-state index contributed by atoms with van der Waals surface area (Å²) in [5, 5.41) is 7.12. The summed E-state index contributed by atoms with van der Waals surface area (Å²) in [7, 11) is 0. The molecule has 4 rings (SSSR count). The molecule has 3 atom stereocenters. The second-order valence-corrected chi connectivity index (χ2v) is 6.72. The van der Waals surface area contributed by atoms with Crippen molar-refractivity contribution >= 4 is 11.9 Å². The number of carboxylic acids is 1. The first kappa shape index (κ1) is 22.4. The number of carboxylic acid groups (broad SMARTS) is 1. The number of hydrogen-bond acceptors (Lipinski definition) is 7. The Hall–Kier alpha value is -3.28. The molecule has 1 saturated carbocycles. The molecule has 0 bridgehead atoms. The zero-order chi connectivity index (χ0) is 22.4. The average Bonchev–Trinajstić information content (AvgIpc) is 3.17. The van der Waals surface area contributed by atoms with Crippen LogP contribution in [0.15, 0.2) is 43.1 Å². The summed E-state index contributed by atoms with van der Waals surface area (Å²) in [5.41, 5.74) is 0.370. The maximum absolute atomic E-state index is 12.7. The van der Waals surface area contributed by atoms with E-state index < -0.39 is 12.1 Å². The number of aromatic nitrogens is 3. The Labute approximate surface area is 174 Å². The fourth-order valence-electron chi connectivity index (χ4n) is 3.44. The number of aliphatic carboxylic acids is 1. The lowest BCUT2D eigenvalue weighted by atomic mass is 10.1. The number of hydrogen-bond donors (Lipinski definition) is 1. The van der Waals surface area contributed by atoms with Crippen molar-refractivity contribution in [1.29, 1.82) is 0 Å². The Kier molecular flexibility index (Phi) is 7.00. The summed E-state index contributed by atoms with van der Waals surface area (Å²) < 4.78 is 43.7. The number of carbonyl (C=O) groups excluding carboxylic acids is 1. The molecule has 2 fully saturated rings. The predicted octanol–water partition coefficient (Wildman–Crippen LogP) is 1.96. The summed E-state index contributed by atoms with van der Waals surface area (Å²) >= 11 is 0. The van der Waals surface area contributed by atoms with Crippen molar-refractivity contribution in [2.24, 2.45) is 0 Å². The van der Waals surface area contributed by atoms with Gasteiger partial charge < -0.3 is 19.5 Å². The number of nitrogens with zero attached hydrogens (tertiary/aromatic N) is 4. The second kappa shape index (κ2) is 9.69. The Morgan fingerprint density at radius 1 is 1.16 bits per heavy atom. The van der Waals surface area contributed by atoms with Crippen molar-refractivity contribution in [2.45, 2.75) is 37.3 Å². The van der Waals surface area contributed by atoms with Gasteiger partial charge in [0.1, 0.15) is 23.7 Å². The molecule has 3 heterocycles. The number of carbonyl (C=O) groups is 2. The van der Waals surface area contributed by atoms with Crippen LogP contribution in [0.4, 0.5) is 13.2 Å². The lowest BCUT2D eigenvalue weighted by molar-refractivity contribution is -0.192. The first-order valence-corrected chi connectivity index (χ1v) is 9.32. The molecular weight excluding hydrogens is 421 g/mol. The molecule has 2 aromatic rings. The van der Waals surface area contributed by atoms with E-state index >= 15 is 0 Å². The lowest BCUT2D eigenvalue weighted by Crippen LogP contribution is -2.54. The monoisotopic (exact) mass is 440 g/mol. The van der Waals surface area contributed by atoms with Gasteiger partial charge in [-0.05, 0) is 25.0 Å². The molecule has 166 valence electrons. The first-order chi connectivity index (χ1) is 14.8. The lowest BCUT2D eigenvalue weighted by Gasteiger charge is -2.38. The number of fused-ring (bicyclic) bond motifs is 1. The van der Waals surface area contributed by atoms with E-state index in [1.807, 2.05) is 17.0 Å². The van der Waals surface area contributed by atoms with E-state index in [9.17, 15) is 18.0 Å². The van der Waals surface area contributed by atoms with Crippen molar-refractivity contribution in [3.63, 3.8) is 0 Å². The number of halogens is 3. The van der Waals surface area contributed by atoms with Crippen molar-refractivity contribution in [3.05, 3.63) is 48.8 Å². The minimum Gasteiger partial charge on any atom is -0.486 e. The van der Waals surface area contributed by atoms with Crippen LogP contribution in [0.3, 0.4) is 0 Å². The van der Waals surface area contributed by atoms with Gasteiger partial charge in [-0.15, -0.1) is 0 Å². The molecule has 1 saturated heterocycles. The Balaban J connectivity index is 0.000000339. The van der Waals surface area contributed by atoms with E-state index in [4.69, 9.17) is 19.4 Å². The Bertz CT molecular complexity index is 885. The topological polar surface area (TPSA) is 115 Å². The minimum atomic E-state index is -5.08. The third-order valence-electron chi connectivity index (χ3n) is 4.74. The fourth-order valence-corrected chi connectivity index (χ4v) is 3.44. The predicted molar refractivity (Wildman–Crippen MR) is 98.2 cm³/mol. The average molecular weight is 440 g/mol. The van der Waals surface area contributed by atoms with Crippen LogP contribution in [-0.2, 0) is 9.53 Å². The number of alkyl halides is 3. The van der Waals surface area contributed by atoms with Crippen molar-refractivity contribution in [1.82, 2.24) is 19.9 Å². The molecule has 0 aromatic carbocycles. The van der Waals surface area contributed by atoms with Gasteiger partial charge >= 0.3 is 12.1 Å². The highest BCUT2D eigenvalue weighted by atomic mass is 19.4. The van der Waals surface area contributed by atoms with E-state index in [2.05, 4.69) is 15.0 Å². The molecule has 1 aliphatic heterocycles. The molecule has 12 heteroatoms. The van der Waals surface area contributed by atoms with E-state index in [1.165, 1.54) is 12.4 Å². The van der Waals surface area contributed by atoms with Crippen LogP contribution in [-0.4, -0.2) is 74.4 Å². The number of morpholine rings is 1. The fraction of sp³-hybridized carbons (Fsp3) is 0.421. The van der Waals surface area contributed by atoms with E-state index in [0.717, 1.165) is 18.6 Å². The number of pyridine rings is 1. The molecule has 1 aliphatic carbocycles. The summed E-state index contributed by atoms with van der Waals surface area (Å²) in [5.74, 6) is -2.12. The SMILES string of the molecule is O=C(O)C(F)(F)F.O=C(c1cnccn1)N1CCO[C@H]2[C@H](Oc3cccnc3)CC[C@@H]21. The van der Waals surface area contributed by atoms with Crippen LogP contribution in [0.5, 0.6) is 5.75 Å². The third kappa shape index (κ3) is 5.66. The maximum atomic E-state index is 12.7. The standard InChI is InChI=1S/C17H18N4O3.C2HF3O2/c22-17(13-11-19-6-7-20-13)21-8-9-23-16-14(21)3-4-15(16)24-12-2-1-5-18-10-12;3-2(4,5)1(6)7/h1-2,5-7,10-11,14-16H,3-4,8-9H2;(H,6,7)/t14-,15+,16+;/m0./s1. The summed E-state index contributed by atoms with van der Waals surface area (Å²) in [6.07, 6.45) is 4.42. The van der Waals surface area contributed by atoms with Crippen LogP contribution < -0.4 is 4.74 Å². The van der Waals surface area contributed by atoms with E-state index in [1.54, 1.807) is 18.6 Å². The molecule has 2 aliphatic rings. The van der Waals surface area contributed by atoms with Gasteiger partial charge in [0.25, 0.3) is 5.91 Å². The first-order valence-electron chi connectivity index (χ1n) is 9.32. The molecule has 1 amide bonds. The molecule has 0 radical (unpaired) electrons. The molecule has 31 heavy (non-hydrogen) atoms. The van der Waals surface area contributed by atoms with Crippen LogP contribution in [0.1, 0.15) is 23.3 Å². The normalized spacial score (nSPS) is 22.7. The summed E-state index contributed by atoms with van der Waals surface area (Å²) in [6, 6.07) is 3.73. The van der Waals surface area contributed by atoms with Gasteiger partial charge in [0.15, 0.2) is 0 Å². The smallest absolute Gasteiger partial charge is 0.486 e. The van der Waals surface area contributed by atoms with E-state index in [-0.39, 0.29) is 24.2 Å². The van der Waals surface area contributed by atoms with Gasteiger partial charge in [0.2, 0.25) is 0 Å². The van der Waals surface area contributed by atoms with Crippen molar-refractivity contribution < 1.29 is 37.3 Å². The largest absolute Gasteiger partial charge is 0.490 e. The Morgan fingerprint density at radius 3 is 2.52 bits per heavy atom. The second-order valence-electron chi connectivity index (χ2n) is 6.72. The zero-order valence-electron chi connectivity index (χ0n) is 16.1. The minimum absolute atomic E-state index is 0.00919. The van der Waals surface area contributed by atoms with Crippen LogP contribution >= 0.6 is 0 Å². The number of ether oxygens (including phenoxy) is 2. The zero-order valence-corrected chi connectivity index (χ0v) is 16.1. The third-order valence-corrected chi connectivity index (χ3v) is 4.74. The molecule has 0 spiro atoms. The van der Waals surface area contributed by atoms with Crippen LogP contribution in [0, 0.1) is 0 Å². The number of amides is 1. The van der Waals surface area contributed by atoms with Gasteiger partial charge in [-0.2, -0.15) is 13.2 Å². The highest BCUT2D eigenvalue weighted by Gasteiger charge is 2.46. The summed E-state index contributed by atoms with van der Waals surface area (Å²) in [6.45, 7) is 1.07. The highest BCUT2D eigenvalue weighted by Crippen LogP contribution is 2.33. The van der Waals surface area contributed by atoms with Crippen LogP contribution in [0.25, 0.3) is 0 Å². The van der Waals surface area contributed by atoms with Gasteiger partial charge in [0.05, 0.1) is 25.0 Å². The maximum Gasteiger partial charge on any atom is 0.490 e. The van der Waals surface area contributed by atoms with Gasteiger partial charge in [-0.3, -0.25) is 14.8 Å². The highest BCUT2D eigenvalue weighted by molar-refractivity contribution is 5.92. The van der Waals surface area contributed by atoms with E-state index in [0.29, 0.717) is 18.8 Å².